The van der Waals surface area contributed by atoms with Crippen molar-refractivity contribution in [1.82, 2.24) is 9.80 Å². The molecule has 0 aliphatic carbocycles. The van der Waals surface area contributed by atoms with Gasteiger partial charge in [0.1, 0.15) is 12.4 Å². The van der Waals surface area contributed by atoms with Gasteiger partial charge in [0.15, 0.2) is 0 Å². The molecule has 0 bridgehead atoms. The lowest BCUT2D eigenvalue weighted by molar-refractivity contribution is -0.139. The van der Waals surface area contributed by atoms with E-state index in [4.69, 9.17) is 4.74 Å². The molecule has 5 nitrogen and oxygen atoms in total. The third-order valence-corrected chi connectivity index (χ3v) is 6.62. The van der Waals surface area contributed by atoms with Crippen LogP contribution in [0.15, 0.2) is 60.7 Å². The molecule has 2 fully saturated rings. The highest BCUT2D eigenvalue weighted by molar-refractivity contribution is 5.92. The number of amides is 2. The van der Waals surface area contributed by atoms with Gasteiger partial charge in [0.25, 0.3) is 0 Å². The van der Waals surface area contributed by atoms with E-state index in [0.717, 1.165) is 55.6 Å². The Balaban J connectivity index is 1.22. The molecule has 2 aliphatic heterocycles. The molecule has 174 valence electrons. The van der Waals surface area contributed by atoms with Gasteiger partial charge in [-0.05, 0) is 55.0 Å². The fourth-order valence-electron chi connectivity index (χ4n) is 4.59. The van der Waals surface area contributed by atoms with Gasteiger partial charge in [0.05, 0.1) is 0 Å². The number of rotatable bonds is 6. The maximum absolute atomic E-state index is 12.8. The van der Waals surface area contributed by atoms with Crippen molar-refractivity contribution in [2.75, 3.05) is 26.2 Å². The van der Waals surface area contributed by atoms with E-state index in [0.29, 0.717) is 25.6 Å². The molecule has 33 heavy (non-hydrogen) atoms. The van der Waals surface area contributed by atoms with Gasteiger partial charge in [-0.25, -0.2) is 0 Å². The van der Waals surface area contributed by atoms with Gasteiger partial charge in [-0.15, -0.1) is 0 Å². The van der Waals surface area contributed by atoms with Crippen LogP contribution in [-0.4, -0.2) is 47.8 Å². The molecule has 0 atom stereocenters. The normalized spacial score (nSPS) is 17.7. The lowest BCUT2D eigenvalue weighted by Crippen LogP contribution is -2.44. The van der Waals surface area contributed by atoms with Gasteiger partial charge >= 0.3 is 0 Å². The van der Waals surface area contributed by atoms with Crippen LogP contribution in [0.4, 0.5) is 0 Å². The Bertz CT molecular complexity index is 923. The molecule has 2 heterocycles. The van der Waals surface area contributed by atoms with Gasteiger partial charge in [0.2, 0.25) is 11.8 Å². The van der Waals surface area contributed by atoms with Gasteiger partial charge in [-0.2, -0.15) is 0 Å². The largest absolute Gasteiger partial charge is 0.489 e. The molecule has 0 saturated carbocycles. The third-order valence-electron chi connectivity index (χ3n) is 6.62. The molecule has 0 aromatic heterocycles. The van der Waals surface area contributed by atoms with Crippen molar-refractivity contribution < 1.29 is 14.3 Å². The summed E-state index contributed by atoms with van der Waals surface area (Å²) in [4.78, 5) is 29.4. The number of carbonyl (C=O) groups is 2. The molecule has 2 saturated heterocycles. The molecule has 2 aromatic carbocycles. The first-order chi connectivity index (χ1) is 16.2. The minimum absolute atomic E-state index is 0.0140. The van der Waals surface area contributed by atoms with E-state index in [2.05, 4.69) is 4.90 Å². The van der Waals surface area contributed by atoms with Crippen molar-refractivity contribution >= 4 is 17.9 Å². The highest BCUT2D eigenvalue weighted by Gasteiger charge is 2.29. The average molecular weight is 447 g/mol. The lowest BCUT2D eigenvalue weighted by atomic mass is 9.95. The van der Waals surface area contributed by atoms with Crippen molar-refractivity contribution in [2.24, 2.45) is 5.92 Å². The Morgan fingerprint density at radius 3 is 2.15 bits per heavy atom. The SMILES string of the molecule is O=C(/C=C/c1ccc(OCc2ccccc2)cc1)N1CCC(C(=O)N2CCCCCC2)CC1. The monoisotopic (exact) mass is 446 g/mol. The van der Waals surface area contributed by atoms with E-state index in [1.54, 1.807) is 6.08 Å². The summed E-state index contributed by atoms with van der Waals surface area (Å²) in [5, 5.41) is 0. The molecule has 0 N–H and O–H groups in total. The van der Waals surface area contributed by atoms with E-state index >= 15 is 0 Å². The van der Waals surface area contributed by atoms with Crippen molar-refractivity contribution in [1.29, 1.82) is 0 Å². The maximum Gasteiger partial charge on any atom is 0.246 e. The second-order valence-electron chi connectivity index (χ2n) is 9.02. The Kier molecular flexibility index (Phi) is 8.18. The number of ether oxygens (including phenoxy) is 1. The highest BCUT2D eigenvalue weighted by Crippen LogP contribution is 2.22. The topological polar surface area (TPSA) is 49.9 Å². The standard InChI is InChI=1S/C28H34N2O3/c31-27(29-20-16-25(17-21-29)28(32)30-18-6-1-2-7-19-30)15-12-23-10-13-26(14-11-23)33-22-24-8-4-3-5-9-24/h3-5,8-15,25H,1-2,6-7,16-22H2/b15-12+. The molecule has 0 unspecified atom stereocenters. The van der Waals surface area contributed by atoms with Crippen LogP contribution in [0.3, 0.4) is 0 Å². The van der Waals surface area contributed by atoms with Crippen LogP contribution in [0.1, 0.15) is 49.7 Å². The zero-order chi connectivity index (χ0) is 22.9. The average Bonchev–Trinajstić information content (AvgIpc) is 3.17. The predicted octanol–water partition coefficient (Wildman–Crippen LogP) is 4.92. The van der Waals surface area contributed by atoms with Crippen LogP contribution in [0.25, 0.3) is 6.08 Å². The summed E-state index contributed by atoms with van der Waals surface area (Å²) in [6.45, 7) is 3.64. The van der Waals surface area contributed by atoms with Crippen molar-refractivity contribution in [3.05, 3.63) is 71.8 Å². The van der Waals surface area contributed by atoms with Crippen LogP contribution >= 0.6 is 0 Å². The van der Waals surface area contributed by atoms with E-state index in [-0.39, 0.29) is 11.8 Å². The quantitative estimate of drug-likeness (QED) is 0.592. The van der Waals surface area contributed by atoms with Gasteiger partial charge in [-0.3, -0.25) is 9.59 Å². The lowest BCUT2D eigenvalue weighted by Gasteiger charge is -2.33. The summed E-state index contributed by atoms with van der Waals surface area (Å²) >= 11 is 0. The van der Waals surface area contributed by atoms with Crippen LogP contribution in [-0.2, 0) is 16.2 Å². The molecule has 5 heteroatoms. The first-order valence-electron chi connectivity index (χ1n) is 12.2. The van der Waals surface area contributed by atoms with Crippen LogP contribution in [0, 0.1) is 5.92 Å². The molecular weight excluding hydrogens is 412 g/mol. The molecular formula is C28H34N2O3. The zero-order valence-electron chi connectivity index (χ0n) is 19.3. The number of hydrogen-bond donors (Lipinski definition) is 0. The fraction of sp³-hybridized carbons (Fsp3) is 0.429. The zero-order valence-corrected chi connectivity index (χ0v) is 19.3. The predicted molar refractivity (Wildman–Crippen MR) is 131 cm³/mol. The Morgan fingerprint density at radius 2 is 1.48 bits per heavy atom. The molecule has 2 aromatic rings. The third kappa shape index (κ3) is 6.70. The summed E-state index contributed by atoms with van der Waals surface area (Å²) in [6, 6.07) is 17.8. The Morgan fingerprint density at radius 1 is 0.818 bits per heavy atom. The number of likely N-dealkylation sites (tertiary alicyclic amines) is 2. The fourth-order valence-corrected chi connectivity index (χ4v) is 4.59. The van der Waals surface area contributed by atoms with Gasteiger partial charge in [-0.1, -0.05) is 55.3 Å². The first-order valence-corrected chi connectivity index (χ1v) is 12.2. The molecule has 2 aliphatic rings. The number of nitrogens with zero attached hydrogens (tertiary/aromatic N) is 2. The summed E-state index contributed by atoms with van der Waals surface area (Å²) in [7, 11) is 0. The molecule has 2 amide bonds. The van der Waals surface area contributed by atoms with Gasteiger partial charge in [0, 0.05) is 38.2 Å². The second-order valence-corrected chi connectivity index (χ2v) is 9.02. The van der Waals surface area contributed by atoms with E-state index in [1.165, 1.54) is 12.8 Å². The molecule has 0 spiro atoms. The van der Waals surface area contributed by atoms with E-state index in [1.807, 2.05) is 65.6 Å². The molecule has 4 rings (SSSR count). The van der Waals surface area contributed by atoms with Crippen LogP contribution in [0.2, 0.25) is 0 Å². The summed E-state index contributed by atoms with van der Waals surface area (Å²) in [5.74, 6) is 1.19. The number of carbonyl (C=O) groups excluding carboxylic acids is 2. The summed E-state index contributed by atoms with van der Waals surface area (Å²) in [5.41, 5.74) is 2.09. The molecule has 0 radical (unpaired) electrons. The Labute approximate surface area is 197 Å². The minimum Gasteiger partial charge on any atom is -0.489 e. The van der Waals surface area contributed by atoms with Gasteiger partial charge < -0.3 is 14.5 Å². The number of hydrogen-bond acceptors (Lipinski definition) is 3. The Hall–Kier alpha value is -3.08. The first kappa shape index (κ1) is 23.1. The number of benzene rings is 2. The summed E-state index contributed by atoms with van der Waals surface area (Å²) < 4.78 is 5.82. The maximum atomic E-state index is 12.8. The number of piperidine rings is 1. The van der Waals surface area contributed by atoms with Crippen molar-refractivity contribution in [2.45, 2.75) is 45.1 Å². The van der Waals surface area contributed by atoms with Crippen LogP contribution < -0.4 is 4.74 Å². The highest BCUT2D eigenvalue weighted by atomic mass is 16.5. The minimum atomic E-state index is 0.0140. The summed E-state index contributed by atoms with van der Waals surface area (Å²) in [6.07, 6.45) is 9.71. The van der Waals surface area contributed by atoms with Crippen molar-refractivity contribution in [3.8, 4) is 5.75 Å². The second kappa shape index (κ2) is 11.7. The van der Waals surface area contributed by atoms with Crippen LogP contribution in [0.5, 0.6) is 5.75 Å². The smallest absolute Gasteiger partial charge is 0.246 e. The van der Waals surface area contributed by atoms with E-state index < -0.39 is 0 Å². The van der Waals surface area contributed by atoms with Crippen molar-refractivity contribution in [3.63, 3.8) is 0 Å². The van der Waals surface area contributed by atoms with E-state index in [9.17, 15) is 9.59 Å².